The molecule has 0 aromatic carbocycles. The van der Waals surface area contributed by atoms with Gasteiger partial charge in [-0.3, -0.25) is 0 Å². The van der Waals surface area contributed by atoms with Crippen LogP contribution >= 0.6 is 47.9 Å². The van der Waals surface area contributed by atoms with Gasteiger partial charge in [0.05, 0.1) is 13.2 Å². The van der Waals surface area contributed by atoms with E-state index in [-0.39, 0.29) is 4.08 Å². The number of thiol groups is 1. The van der Waals surface area contributed by atoms with E-state index in [9.17, 15) is 0 Å². The highest BCUT2D eigenvalue weighted by Gasteiger charge is 2.53. The van der Waals surface area contributed by atoms with Crippen molar-refractivity contribution in [2.75, 3.05) is 0 Å². The molecule has 2 aliphatic heterocycles. The van der Waals surface area contributed by atoms with Gasteiger partial charge in [-0.15, -0.1) is 35.3 Å². The molecule has 0 nitrogen and oxygen atoms in total. The molecule has 10 heavy (non-hydrogen) atoms. The second-order valence-corrected chi connectivity index (χ2v) is 9.01. The minimum absolute atomic E-state index is 0.285. The lowest BCUT2D eigenvalue weighted by Gasteiger charge is -1.95. The normalized spacial score (nSPS) is 58.5. The van der Waals surface area contributed by atoms with Gasteiger partial charge in [0, 0.05) is 5.25 Å². The molecule has 0 radical (unpaired) electrons. The summed E-state index contributed by atoms with van der Waals surface area (Å²) in [6, 6.07) is 0. The highest BCUT2D eigenvalue weighted by Crippen LogP contribution is 2.66. The zero-order valence-electron chi connectivity index (χ0n) is 5.90. The smallest absolute Gasteiger partial charge is 0.0775 e. The second kappa shape index (κ2) is 2.44. The Kier molecular flexibility index (Phi) is 1.96. The van der Waals surface area contributed by atoms with Gasteiger partial charge in [-0.1, -0.05) is 6.92 Å². The lowest BCUT2D eigenvalue weighted by molar-refractivity contribution is 1.12. The Hall–Kier alpha value is 1.40. The summed E-state index contributed by atoms with van der Waals surface area (Å²) >= 11 is 10.6. The van der Waals surface area contributed by atoms with Crippen LogP contribution in [0.15, 0.2) is 0 Å². The summed E-state index contributed by atoms with van der Waals surface area (Å²) in [5.74, 6) is 0. The molecule has 0 aliphatic carbocycles. The summed E-state index contributed by atoms with van der Waals surface area (Å²) in [6.45, 7) is 4.50. The fraction of sp³-hybridized carbons (Fsp3) is 1.00. The molecule has 0 amide bonds. The van der Waals surface area contributed by atoms with Crippen LogP contribution in [0.2, 0.25) is 0 Å². The molecule has 2 heterocycles. The van der Waals surface area contributed by atoms with Crippen LogP contribution in [-0.2, 0) is 0 Å². The highest BCUT2D eigenvalue weighted by atomic mass is 32.3. The molecule has 0 N–H and O–H groups in total. The summed E-state index contributed by atoms with van der Waals surface area (Å²) in [5.41, 5.74) is 0. The Labute approximate surface area is 80.1 Å². The average Bonchev–Trinajstić information content (AvgIpc) is 2.57. The second-order valence-electron chi connectivity index (χ2n) is 2.85. The van der Waals surface area contributed by atoms with Gasteiger partial charge in [0.2, 0.25) is 0 Å². The van der Waals surface area contributed by atoms with Crippen LogP contribution in [0.25, 0.3) is 0 Å². The van der Waals surface area contributed by atoms with Crippen LogP contribution in [-0.4, -0.2) is 18.5 Å². The maximum atomic E-state index is 4.49. The van der Waals surface area contributed by atoms with E-state index in [1.807, 2.05) is 11.8 Å². The van der Waals surface area contributed by atoms with Gasteiger partial charge in [-0.25, -0.2) is 0 Å². The molecule has 0 saturated carbocycles. The zero-order chi connectivity index (χ0) is 7.35. The quantitative estimate of drug-likeness (QED) is 0.550. The van der Waals surface area contributed by atoms with Gasteiger partial charge in [-0.05, 0) is 6.92 Å². The van der Waals surface area contributed by atoms with Crippen molar-refractivity contribution >= 4 is 47.9 Å². The van der Waals surface area contributed by atoms with Gasteiger partial charge in [-0.2, -0.15) is 12.6 Å². The first-order valence-electron chi connectivity index (χ1n) is 3.31. The lowest BCUT2D eigenvalue weighted by Crippen LogP contribution is -1.96. The first kappa shape index (κ1) is 8.02. The molecule has 4 atom stereocenters. The molecule has 0 spiro atoms. The van der Waals surface area contributed by atoms with Crippen LogP contribution in [0.5, 0.6) is 0 Å². The van der Waals surface area contributed by atoms with E-state index in [1.165, 1.54) is 0 Å². The number of thioether (sulfide) groups is 3. The molecule has 4 unspecified atom stereocenters. The fourth-order valence-electron chi connectivity index (χ4n) is 0.767. The predicted molar refractivity (Wildman–Crippen MR) is 57.2 cm³/mol. The molecule has 2 fully saturated rings. The predicted octanol–water partition coefficient (Wildman–Crippen LogP) is 2.90. The third-order valence-electron chi connectivity index (χ3n) is 1.64. The summed E-state index contributed by atoms with van der Waals surface area (Å²) in [5, 5.41) is 0.898. The van der Waals surface area contributed by atoms with Gasteiger partial charge in [0.15, 0.2) is 0 Å². The van der Waals surface area contributed by atoms with Gasteiger partial charge in [0.25, 0.3) is 0 Å². The molecule has 0 aromatic heterocycles. The van der Waals surface area contributed by atoms with E-state index in [2.05, 4.69) is 50.0 Å². The third-order valence-corrected chi connectivity index (χ3v) is 7.78. The average molecular weight is 210 g/mol. The van der Waals surface area contributed by atoms with Crippen molar-refractivity contribution in [3.05, 3.63) is 0 Å². The molecular weight excluding hydrogens is 200 g/mol. The standard InChI is InChI=1S/C6H10S4/c1-3-4(8-3)9-5-6(2,7)10-5/h3-5,7H,1-2H3. The fourth-order valence-corrected chi connectivity index (χ4v) is 5.76. The van der Waals surface area contributed by atoms with Crippen molar-refractivity contribution in [1.29, 1.82) is 0 Å². The molecule has 0 bridgehead atoms. The molecule has 2 aliphatic rings. The maximum absolute atomic E-state index is 4.49. The third kappa shape index (κ3) is 1.59. The molecular formula is C6H10S4. The Bertz CT molecular complexity index is 156. The summed E-state index contributed by atoms with van der Waals surface area (Å²) < 4.78 is 1.93. The molecule has 0 aromatic rings. The number of hydrogen-bond donors (Lipinski definition) is 1. The van der Waals surface area contributed by atoms with Crippen LogP contribution in [0.4, 0.5) is 0 Å². The van der Waals surface area contributed by atoms with Gasteiger partial charge >= 0.3 is 0 Å². The minimum Gasteiger partial charge on any atom is -0.160 e. The van der Waals surface area contributed by atoms with E-state index >= 15 is 0 Å². The topological polar surface area (TPSA) is 0 Å². The van der Waals surface area contributed by atoms with Crippen molar-refractivity contribution in [2.24, 2.45) is 0 Å². The van der Waals surface area contributed by atoms with Gasteiger partial charge < -0.3 is 0 Å². The summed E-state index contributed by atoms with van der Waals surface area (Å²) in [7, 11) is 0. The molecule has 4 heteroatoms. The van der Waals surface area contributed by atoms with Crippen LogP contribution in [0.3, 0.4) is 0 Å². The summed E-state index contributed by atoms with van der Waals surface area (Å²) in [6.07, 6.45) is 0. The Morgan fingerprint density at radius 1 is 1.60 bits per heavy atom. The van der Waals surface area contributed by atoms with Crippen molar-refractivity contribution in [2.45, 2.75) is 32.3 Å². The van der Waals surface area contributed by atoms with Crippen molar-refractivity contribution in [3.63, 3.8) is 0 Å². The van der Waals surface area contributed by atoms with Crippen LogP contribution < -0.4 is 0 Å². The lowest BCUT2D eigenvalue weighted by atomic mass is 10.6. The Balaban J connectivity index is 1.75. The van der Waals surface area contributed by atoms with E-state index in [4.69, 9.17) is 0 Å². The maximum Gasteiger partial charge on any atom is 0.0775 e. The Morgan fingerprint density at radius 3 is 2.40 bits per heavy atom. The number of rotatable bonds is 2. The van der Waals surface area contributed by atoms with E-state index in [0.29, 0.717) is 0 Å². The molecule has 58 valence electrons. The largest absolute Gasteiger partial charge is 0.160 e. The van der Waals surface area contributed by atoms with E-state index < -0.39 is 0 Å². The first-order chi connectivity index (χ1) is 4.59. The highest BCUT2D eigenvalue weighted by molar-refractivity contribution is 8.35. The SMILES string of the molecule is CC1SC1SC1SC1(C)S. The van der Waals surface area contributed by atoms with Crippen molar-refractivity contribution < 1.29 is 0 Å². The van der Waals surface area contributed by atoms with Crippen LogP contribution in [0, 0.1) is 0 Å². The Morgan fingerprint density at radius 2 is 2.10 bits per heavy atom. The first-order valence-corrected chi connectivity index (χ1v) is 6.52. The van der Waals surface area contributed by atoms with E-state index in [0.717, 1.165) is 14.4 Å². The molecule has 2 rings (SSSR count). The molecule has 2 saturated heterocycles. The summed E-state index contributed by atoms with van der Waals surface area (Å²) in [4.78, 5) is 0. The van der Waals surface area contributed by atoms with Crippen molar-refractivity contribution in [1.82, 2.24) is 0 Å². The zero-order valence-corrected chi connectivity index (χ0v) is 9.25. The van der Waals surface area contributed by atoms with E-state index in [1.54, 1.807) is 0 Å². The monoisotopic (exact) mass is 210 g/mol. The number of hydrogen-bond acceptors (Lipinski definition) is 4. The van der Waals surface area contributed by atoms with Gasteiger partial charge in [0.1, 0.15) is 0 Å². The van der Waals surface area contributed by atoms with Crippen LogP contribution in [0.1, 0.15) is 13.8 Å². The van der Waals surface area contributed by atoms with Crippen molar-refractivity contribution in [3.8, 4) is 0 Å². The minimum atomic E-state index is 0.285.